The Morgan fingerprint density at radius 1 is 1.04 bits per heavy atom. The van der Waals surface area contributed by atoms with E-state index < -0.39 is 0 Å². The Morgan fingerprint density at radius 2 is 1.78 bits per heavy atom. The maximum atomic E-state index is 13.0. The fourth-order valence-electron chi connectivity index (χ4n) is 3.32. The number of hydrogen-bond donors (Lipinski definition) is 2. The molecule has 0 radical (unpaired) electrons. The van der Waals surface area contributed by atoms with Gasteiger partial charge in [-0.15, -0.1) is 11.3 Å². The summed E-state index contributed by atoms with van der Waals surface area (Å²) in [4.78, 5) is 18.8. The van der Waals surface area contributed by atoms with Gasteiger partial charge in [-0.2, -0.15) is 0 Å². The minimum atomic E-state index is -0.120. The monoisotopic (exact) mass is 376 g/mol. The average Bonchev–Trinajstić information content (AvgIpc) is 3.06. The van der Waals surface area contributed by atoms with Crippen LogP contribution in [0.5, 0.6) is 5.75 Å². The molecule has 4 nitrogen and oxygen atoms in total. The molecular formula is C22H20N2O2S. The molecule has 2 N–H and O–H groups in total. The van der Waals surface area contributed by atoms with Gasteiger partial charge in [-0.3, -0.25) is 4.79 Å². The number of nitrogens with zero attached hydrogens (tertiary/aromatic N) is 1. The molecule has 1 heterocycles. The first-order valence-corrected chi connectivity index (χ1v) is 9.87. The second-order valence-electron chi connectivity index (χ2n) is 6.53. The molecular weight excluding hydrogens is 356 g/mol. The van der Waals surface area contributed by atoms with Crippen molar-refractivity contribution in [3.8, 4) is 5.75 Å². The highest BCUT2D eigenvalue weighted by atomic mass is 32.1. The highest BCUT2D eigenvalue weighted by Crippen LogP contribution is 2.40. The lowest BCUT2D eigenvalue weighted by molar-refractivity contribution is 0.102. The van der Waals surface area contributed by atoms with E-state index in [4.69, 9.17) is 0 Å². The fraction of sp³-hybridized carbons (Fsp3) is 0.182. The number of phenolic OH excluding ortho intramolecular Hbond substituents is 1. The van der Waals surface area contributed by atoms with Crippen molar-refractivity contribution in [1.82, 2.24) is 0 Å². The molecule has 0 unspecified atom stereocenters. The number of thiophene rings is 1. The van der Waals surface area contributed by atoms with Gasteiger partial charge in [-0.05, 0) is 55.5 Å². The second kappa shape index (κ2) is 7.76. The van der Waals surface area contributed by atoms with Crippen LogP contribution < -0.4 is 5.32 Å². The van der Waals surface area contributed by atoms with Gasteiger partial charge >= 0.3 is 0 Å². The van der Waals surface area contributed by atoms with E-state index in [-0.39, 0.29) is 11.7 Å². The zero-order valence-electron chi connectivity index (χ0n) is 14.8. The van der Waals surface area contributed by atoms with Gasteiger partial charge in [0.1, 0.15) is 10.8 Å². The van der Waals surface area contributed by atoms with Crippen molar-refractivity contribution in [3.63, 3.8) is 0 Å². The zero-order valence-corrected chi connectivity index (χ0v) is 15.6. The van der Waals surface area contributed by atoms with Crippen molar-refractivity contribution in [2.45, 2.75) is 25.7 Å². The van der Waals surface area contributed by atoms with Gasteiger partial charge in [0.2, 0.25) is 0 Å². The maximum Gasteiger partial charge on any atom is 0.259 e. The Bertz CT molecular complexity index is 993. The Morgan fingerprint density at radius 3 is 2.59 bits per heavy atom. The molecule has 0 fully saturated rings. The molecule has 0 spiro atoms. The first-order chi connectivity index (χ1) is 13.2. The lowest BCUT2D eigenvalue weighted by atomic mass is 9.95. The van der Waals surface area contributed by atoms with Gasteiger partial charge in [0, 0.05) is 22.3 Å². The summed E-state index contributed by atoms with van der Waals surface area (Å²) in [5.41, 5.74) is 3.21. The molecule has 2 aromatic carbocycles. The molecule has 5 heteroatoms. The molecule has 3 aromatic rings. The Labute approximate surface area is 162 Å². The fourth-order valence-corrected chi connectivity index (χ4v) is 4.55. The molecule has 1 aliphatic rings. The van der Waals surface area contributed by atoms with E-state index in [1.54, 1.807) is 35.8 Å². The van der Waals surface area contributed by atoms with Crippen LogP contribution in [-0.2, 0) is 12.8 Å². The largest absolute Gasteiger partial charge is 0.507 e. The van der Waals surface area contributed by atoms with Gasteiger partial charge < -0.3 is 10.4 Å². The average molecular weight is 376 g/mol. The molecule has 0 aliphatic heterocycles. The molecule has 0 saturated carbocycles. The summed E-state index contributed by atoms with van der Waals surface area (Å²) in [7, 11) is 0. The van der Waals surface area contributed by atoms with Gasteiger partial charge in [-0.25, -0.2) is 4.99 Å². The number of aryl methyl sites for hydroxylation is 1. The number of carbonyl (C=O) groups excluding carboxylic acids is 1. The molecule has 136 valence electrons. The van der Waals surface area contributed by atoms with E-state index in [0.717, 1.165) is 36.9 Å². The summed E-state index contributed by atoms with van der Waals surface area (Å²) in [6.07, 6.45) is 5.78. The third kappa shape index (κ3) is 3.78. The normalized spacial score (nSPS) is 13.5. The minimum absolute atomic E-state index is 0.120. The first-order valence-electron chi connectivity index (χ1n) is 9.05. The van der Waals surface area contributed by atoms with Crippen LogP contribution in [0.15, 0.2) is 59.6 Å². The van der Waals surface area contributed by atoms with E-state index in [2.05, 4.69) is 10.3 Å². The van der Waals surface area contributed by atoms with Crippen LogP contribution in [-0.4, -0.2) is 17.2 Å². The summed E-state index contributed by atoms with van der Waals surface area (Å²) in [6.45, 7) is 0. The highest BCUT2D eigenvalue weighted by Gasteiger charge is 2.25. The van der Waals surface area contributed by atoms with E-state index in [9.17, 15) is 9.90 Å². The van der Waals surface area contributed by atoms with Crippen LogP contribution in [0.4, 0.5) is 10.7 Å². The Balaban J connectivity index is 1.70. The number of carbonyl (C=O) groups is 1. The number of hydrogen-bond acceptors (Lipinski definition) is 4. The van der Waals surface area contributed by atoms with Crippen LogP contribution in [0.25, 0.3) is 0 Å². The van der Waals surface area contributed by atoms with Crippen LogP contribution in [0.2, 0.25) is 0 Å². The standard InChI is InChI=1S/C22H20N2O2S/c25-18-12-6-4-8-15(18)14-23-22-20(17-11-5-7-13-19(17)27-22)21(26)24-16-9-2-1-3-10-16/h1-4,6,8-10,12,14,25H,5,7,11,13H2,(H,24,26)/b23-14-. The number of amides is 1. The topological polar surface area (TPSA) is 61.7 Å². The number of phenols is 1. The number of fused-ring (bicyclic) bond motifs is 1. The smallest absolute Gasteiger partial charge is 0.259 e. The number of aromatic hydroxyl groups is 1. The minimum Gasteiger partial charge on any atom is -0.507 e. The van der Waals surface area contributed by atoms with Crippen molar-refractivity contribution in [2.75, 3.05) is 5.32 Å². The zero-order chi connectivity index (χ0) is 18.6. The van der Waals surface area contributed by atoms with Gasteiger partial charge in [0.25, 0.3) is 5.91 Å². The molecule has 0 bridgehead atoms. The maximum absolute atomic E-state index is 13.0. The SMILES string of the molecule is O=C(Nc1ccccc1)c1c(/N=C\c2ccccc2O)sc2c1CCCC2. The van der Waals surface area contributed by atoms with Crippen molar-refractivity contribution in [1.29, 1.82) is 0 Å². The predicted octanol–water partition coefficient (Wildman–Crippen LogP) is 5.34. The lowest BCUT2D eigenvalue weighted by Gasteiger charge is -2.12. The van der Waals surface area contributed by atoms with Crippen molar-refractivity contribution in [2.24, 2.45) is 4.99 Å². The van der Waals surface area contributed by atoms with E-state index in [1.165, 1.54) is 4.88 Å². The summed E-state index contributed by atoms with van der Waals surface area (Å²) >= 11 is 1.59. The van der Waals surface area contributed by atoms with Crippen molar-refractivity contribution < 1.29 is 9.90 Å². The van der Waals surface area contributed by atoms with E-state index in [0.29, 0.717) is 16.1 Å². The summed E-state index contributed by atoms with van der Waals surface area (Å²) in [5.74, 6) is 0.0582. The molecule has 1 aliphatic carbocycles. The Hall–Kier alpha value is -2.92. The van der Waals surface area contributed by atoms with Crippen molar-refractivity contribution in [3.05, 3.63) is 76.2 Å². The Kier molecular flexibility index (Phi) is 5.03. The van der Waals surface area contributed by atoms with Crippen LogP contribution in [0, 0.1) is 0 Å². The van der Waals surface area contributed by atoms with Gasteiger partial charge in [0.15, 0.2) is 0 Å². The van der Waals surface area contributed by atoms with Gasteiger partial charge in [0.05, 0.1) is 5.56 Å². The number of benzene rings is 2. The molecule has 1 aromatic heterocycles. The molecule has 0 atom stereocenters. The molecule has 0 saturated heterocycles. The molecule has 4 rings (SSSR count). The van der Waals surface area contributed by atoms with Crippen molar-refractivity contribution >= 4 is 34.1 Å². The summed E-state index contributed by atoms with van der Waals surface area (Å²) in [5, 5.41) is 13.7. The third-order valence-electron chi connectivity index (χ3n) is 4.67. The lowest BCUT2D eigenvalue weighted by Crippen LogP contribution is -2.14. The second-order valence-corrected chi connectivity index (χ2v) is 7.61. The number of rotatable bonds is 4. The molecule has 1 amide bonds. The van der Waals surface area contributed by atoms with Crippen LogP contribution in [0.3, 0.4) is 0 Å². The highest BCUT2D eigenvalue weighted by molar-refractivity contribution is 7.16. The predicted molar refractivity (Wildman–Crippen MR) is 111 cm³/mol. The number of nitrogens with one attached hydrogen (secondary N) is 1. The third-order valence-corrected chi connectivity index (χ3v) is 5.87. The van der Waals surface area contributed by atoms with Gasteiger partial charge in [-0.1, -0.05) is 30.3 Å². The van der Waals surface area contributed by atoms with Crippen LogP contribution >= 0.6 is 11.3 Å². The number of aliphatic imine (C=N–C) groups is 1. The van der Waals surface area contributed by atoms with E-state index in [1.807, 2.05) is 36.4 Å². The summed E-state index contributed by atoms with van der Waals surface area (Å²) < 4.78 is 0. The van der Waals surface area contributed by atoms with E-state index >= 15 is 0 Å². The summed E-state index contributed by atoms with van der Waals surface area (Å²) in [6, 6.07) is 16.5. The van der Waals surface area contributed by atoms with Crippen LogP contribution in [0.1, 0.15) is 39.2 Å². The molecule has 27 heavy (non-hydrogen) atoms. The number of anilines is 1. The first kappa shape index (κ1) is 17.5. The quantitative estimate of drug-likeness (QED) is 0.604. The number of para-hydroxylation sites is 2.